The average molecular weight is 733 g/mol. The molecule has 3 amide bonds. The maximum Gasteiger partial charge on any atom is 0.418 e. The Labute approximate surface area is 280 Å². The van der Waals surface area contributed by atoms with Crippen molar-refractivity contribution < 1.29 is 27.6 Å². The topological polar surface area (TPSA) is 88.5 Å². The second-order valence-corrected chi connectivity index (χ2v) is 13.7. The first-order valence-electron chi connectivity index (χ1n) is 12.9. The predicted octanol–water partition coefficient (Wildman–Crippen LogP) is 7.98. The Morgan fingerprint density at radius 2 is 1.62 bits per heavy atom. The van der Waals surface area contributed by atoms with Crippen molar-refractivity contribution in [2.24, 2.45) is 5.92 Å². The first kappa shape index (κ1) is 32.0. The number of halogens is 7. The van der Waals surface area contributed by atoms with E-state index >= 15 is 0 Å². The third-order valence-corrected chi connectivity index (χ3v) is 11.5. The number of hydrogen-bond acceptors (Lipinski definition) is 6. The number of nitrogens with one attached hydrogen (secondary N) is 1. The highest BCUT2D eigenvalue weighted by atomic mass is 35.5. The summed E-state index contributed by atoms with van der Waals surface area (Å²) >= 11 is 26.5. The highest BCUT2D eigenvalue weighted by molar-refractivity contribution is 8.00. The fourth-order valence-corrected chi connectivity index (χ4v) is 8.90. The van der Waals surface area contributed by atoms with Gasteiger partial charge in [-0.3, -0.25) is 23.7 Å². The maximum absolute atomic E-state index is 14.0. The Kier molecular flexibility index (Phi) is 8.51. The Morgan fingerprint density at radius 1 is 0.889 bits per heavy atom. The van der Waals surface area contributed by atoms with Gasteiger partial charge in [0.15, 0.2) is 0 Å². The van der Waals surface area contributed by atoms with E-state index in [2.05, 4.69) is 5.32 Å². The van der Waals surface area contributed by atoms with Crippen molar-refractivity contribution in [3.8, 4) is 0 Å². The van der Waals surface area contributed by atoms with Crippen LogP contribution in [0.4, 0.5) is 24.5 Å². The van der Waals surface area contributed by atoms with E-state index in [1.165, 1.54) is 30.3 Å². The summed E-state index contributed by atoms with van der Waals surface area (Å²) in [5.74, 6) is -4.65. The molecule has 4 aromatic rings. The van der Waals surface area contributed by atoms with E-state index in [0.717, 1.165) is 45.9 Å². The second-order valence-electron chi connectivity index (χ2n) is 10.0. The summed E-state index contributed by atoms with van der Waals surface area (Å²) in [6.07, 6.45) is -4.85. The summed E-state index contributed by atoms with van der Waals surface area (Å²) in [6.45, 7) is -0.478. The van der Waals surface area contributed by atoms with Crippen LogP contribution in [0, 0.1) is 5.92 Å². The number of benzene rings is 3. The molecule has 7 nitrogen and oxygen atoms in total. The third kappa shape index (κ3) is 5.66. The molecule has 6 rings (SSSR count). The van der Waals surface area contributed by atoms with Gasteiger partial charge < -0.3 is 5.32 Å². The van der Waals surface area contributed by atoms with Crippen LogP contribution in [0.5, 0.6) is 0 Å². The van der Waals surface area contributed by atoms with Crippen molar-refractivity contribution in [1.29, 1.82) is 0 Å². The first-order valence-corrected chi connectivity index (χ1v) is 16.1. The highest BCUT2D eigenvalue weighted by Crippen LogP contribution is 2.56. The van der Waals surface area contributed by atoms with Crippen molar-refractivity contribution in [1.82, 2.24) is 4.57 Å². The lowest BCUT2D eigenvalue weighted by molar-refractivity contribution is -0.137. The largest absolute Gasteiger partial charge is 0.418 e. The molecule has 3 aromatic carbocycles. The molecule has 1 saturated heterocycles. The zero-order valence-electron chi connectivity index (χ0n) is 22.2. The Morgan fingerprint density at radius 3 is 2.33 bits per heavy atom. The zero-order valence-corrected chi connectivity index (χ0v) is 26.9. The van der Waals surface area contributed by atoms with Crippen LogP contribution in [0.1, 0.15) is 21.9 Å². The monoisotopic (exact) mass is 731 g/mol. The van der Waals surface area contributed by atoms with Crippen LogP contribution >= 0.6 is 69.5 Å². The molecule has 0 saturated carbocycles. The SMILES string of the molecule is O=C(Cn1c2c(sc1=O)[C@@H](c1cccc(Cl)c1Cl)[C@@H]1C(=O)N(c3ccccc3C(F)(F)F)C(=O)[C@@H]1S2)Nc1ccc(Cl)c(Cl)c1. The fraction of sp³-hybridized carbons (Fsp3) is 0.172. The van der Waals surface area contributed by atoms with Crippen molar-refractivity contribution in [3.63, 3.8) is 0 Å². The molecule has 0 spiro atoms. The van der Waals surface area contributed by atoms with E-state index in [9.17, 15) is 32.3 Å². The van der Waals surface area contributed by atoms with E-state index < -0.39 is 63.7 Å². The zero-order chi connectivity index (χ0) is 32.4. The number of amides is 3. The quantitative estimate of drug-likeness (QED) is 0.210. The van der Waals surface area contributed by atoms with Gasteiger partial charge in [-0.2, -0.15) is 13.2 Å². The predicted molar refractivity (Wildman–Crippen MR) is 169 cm³/mol. The molecule has 3 atom stereocenters. The first-order chi connectivity index (χ1) is 21.3. The molecule has 1 fully saturated rings. The van der Waals surface area contributed by atoms with Gasteiger partial charge in [-0.05, 0) is 42.0 Å². The number of thioether (sulfide) groups is 1. The van der Waals surface area contributed by atoms with Crippen LogP contribution in [0.25, 0.3) is 0 Å². The summed E-state index contributed by atoms with van der Waals surface area (Å²) in [6, 6.07) is 13.4. The summed E-state index contributed by atoms with van der Waals surface area (Å²) < 4.78 is 43.1. The summed E-state index contributed by atoms with van der Waals surface area (Å²) in [5, 5.41) is 2.26. The minimum absolute atomic E-state index is 0.0555. The molecule has 2 aliphatic heterocycles. The Balaban J connectivity index is 1.45. The van der Waals surface area contributed by atoms with E-state index in [1.54, 1.807) is 12.1 Å². The molecule has 16 heteroatoms. The molecule has 3 heterocycles. The number of carbonyl (C=O) groups is 3. The minimum atomic E-state index is -4.85. The second kappa shape index (κ2) is 12.0. The van der Waals surface area contributed by atoms with Gasteiger partial charge in [-0.25, -0.2) is 4.90 Å². The summed E-state index contributed by atoms with van der Waals surface area (Å²) in [7, 11) is 0. The Bertz CT molecular complexity index is 1970. The number of thiazole rings is 1. The van der Waals surface area contributed by atoms with E-state index in [1.807, 2.05) is 0 Å². The maximum atomic E-state index is 14.0. The smallest absolute Gasteiger partial charge is 0.324 e. The van der Waals surface area contributed by atoms with Gasteiger partial charge >= 0.3 is 11.0 Å². The minimum Gasteiger partial charge on any atom is -0.324 e. The van der Waals surface area contributed by atoms with Gasteiger partial charge in [0.1, 0.15) is 11.8 Å². The average Bonchev–Trinajstić information content (AvgIpc) is 3.42. The molecule has 0 aliphatic carbocycles. The number of fused-ring (bicyclic) bond motifs is 2. The van der Waals surface area contributed by atoms with Gasteiger partial charge in [0.05, 0.1) is 42.3 Å². The number of alkyl halides is 3. The van der Waals surface area contributed by atoms with E-state index in [-0.39, 0.29) is 25.1 Å². The van der Waals surface area contributed by atoms with E-state index in [4.69, 9.17) is 46.4 Å². The van der Waals surface area contributed by atoms with Gasteiger partial charge in [0, 0.05) is 16.5 Å². The molecule has 1 N–H and O–H groups in total. The molecule has 0 radical (unpaired) electrons. The van der Waals surface area contributed by atoms with Crippen molar-refractivity contribution in [3.05, 3.63) is 106 Å². The number of anilines is 2. The summed E-state index contributed by atoms with van der Waals surface area (Å²) in [4.78, 5) is 54.6. The molecule has 1 aromatic heterocycles. The number of hydrogen-bond donors (Lipinski definition) is 1. The molecule has 0 unspecified atom stereocenters. The van der Waals surface area contributed by atoms with Crippen LogP contribution in [-0.2, 0) is 27.1 Å². The van der Waals surface area contributed by atoms with Crippen LogP contribution in [0.3, 0.4) is 0 Å². The molecule has 2 aliphatic rings. The molecule has 0 bridgehead atoms. The van der Waals surface area contributed by atoms with Gasteiger partial charge in [0.25, 0.3) is 0 Å². The number of nitrogens with zero attached hydrogens (tertiary/aromatic N) is 2. The lowest BCUT2D eigenvalue weighted by atomic mass is 9.83. The standard InChI is InChI=1S/C29H16Cl4F3N3O4S2/c30-15-9-8-12(10-17(15)32)37-19(40)11-38-27-24(45-28(38)43)20(13-4-3-6-16(31)22(13)33)21-23(44-27)26(42)39(25(21)41)18-7-2-1-5-14(18)29(34,35)36/h1-10,20-21,23H,11H2,(H,37,40)/t20-,21-,23+/m0/s1. The van der Waals surface area contributed by atoms with E-state index in [0.29, 0.717) is 21.0 Å². The van der Waals surface area contributed by atoms with Crippen LogP contribution in [0.2, 0.25) is 20.1 Å². The number of carbonyl (C=O) groups excluding carboxylic acids is 3. The Hall–Kier alpha value is -3.00. The van der Waals surface area contributed by atoms with Gasteiger partial charge in [-0.1, -0.05) is 93.8 Å². The molecule has 232 valence electrons. The number of para-hydroxylation sites is 1. The molecule has 45 heavy (non-hydrogen) atoms. The highest BCUT2D eigenvalue weighted by Gasteiger charge is 2.58. The number of aromatic nitrogens is 1. The molecular weight excluding hydrogens is 717 g/mol. The van der Waals surface area contributed by atoms with Crippen molar-refractivity contribution in [2.45, 2.75) is 28.9 Å². The van der Waals surface area contributed by atoms with Gasteiger partial charge in [-0.15, -0.1) is 0 Å². The summed E-state index contributed by atoms with van der Waals surface area (Å²) in [5.41, 5.74) is -1.13. The van der Waals surface area contributed by atoms with Crippen molar-refractivity contribution >= 4 is 98.6 Å². The normalized spacial score (nSPS) is 19.4. The lowest BCUT2D eigenvalue weighted by Gasteiger charge is -2.31. The number of rotatable bonds is 5. The van der Waals surface area contributed by atoms with Gasteiger partial charge in [0.2, 0.25) is 17.7 Å². The van der Waals surface area contributed by atoms with Crippen LogP contribution in [0.15, 0.2) is 70.5 Å². The lowest BCUT2D eigenvalue weighted by Crippen LogP contribution is -2.33. The van der Waals surface area contributed by atoms with Crippen LogP contribution in [-0.4, -0.2) is 27.5 Å². The van der Waals surface area contributed by atoms with Crippen LogP contribution < -0.4 is 15.1 Å². The molecular formula is C29H16Cl4F3N3O4S2. The number of imide groups is 1. The van der Waals surface area contributed by atoms with Crippen molar-refractivity contribution in [2.75, 3.05) is 10.2 Å². The fourth-order valence-electron chi connectivity index (χ4n) is 5.41. The third-order valence-electron chi connectivity index (χ3n) is 7.32.